The number of aliphatic imine (C=N–C) groups is 2. The predicted octanol–water partition coefficient (Wildman–Crippen LogP) is 3.69. The number of amidine groups is 1. The van der Waals surface area contributed by atoms with Crippen molar-refractivity contribution < 1.29 is 4.79 Å². The number of nitrogens with one attached hydrogen (secondary N) is 3. The van der Waals surface area contributed by atoms with Gasteiger partial charge in [-0.2, -0.15) is 5.10 Å². The smallest absolute Gasteiger partial charge is 0.249 e. The lowest BCUT2D eigenvalue weighted by Gasteiger charge is -2.28. The van der Waals surface area contributed by atoms with Crippen LogP contribution in [0.25, 0.3) is 11.4 Å². The lowest BCUT2D eigenvalue weighted by atomic mass is 9.99. The van der Waals surface area contributed by atoms with Crippen LogP contribution >= 0.6 is 0 Å². The molecule has 3 N–H and O–H groups in total. The highest BCUT2D eigenvalue weighted by atomic mass is 16.1. The van der Waals surface area contributed by atoms with Crippen LogP contribution < -0.4 is 10.7 Å². The van der Waals surface area contributed by atoms with Crippen LogP contribution in [0.3, 0.4) is 0 Å². The van der Waals surface area contributed by atoms with Crippen LogP contribution in [0.5, 0.6) is 0 Å². The molecule has 2 aromatic rings. The lowest BCUT2D eigenvalue weighted by Crippen LogP contribution is -2.36. The van der Waals surface area contributed by atoms with E-state index in [9.17, 15) is 4.79 Å². The first-order valence-corrected chi connectivity index (χ1v) is 10.9. The van der Waals surface area contributed by atoms with Crippen molar-refractivity contribution in [2.45, 2.75) is 40.5 Å². The number of fused-ring (bicyclic) bond motifs is 1. The van der Waals surface area contributed by atoms with Crippen molar-refractivity contribution in [1.29, 1.82) is 0 Å². The third-order valence-corrected chi connectivity index (χ3v) is 5.72. The van der Waals surface area contributed by atoms with E-state index in [1.165, 1.54) is 6.33 Å². The molecule has 33 heavy (non-hydrogen) atoms. The third kappa shape index (κ3) is 5.08. The zero-order valence-electron chi connectivity index (χ0n) is 19.3. The third-order valence-electron chi connectivity index (χ3n) is 5.72. The van der Waals surface area contributed by atoms with Crippen molar-refractivity contribution in [3.8, 4) is 11.4 Å². The summed E-state index contributed by atoms with van der Waals surface area (Å²) in [5.41, 5.74) is 9.90. The number of aromatic nitrogens is 3. The van der Waals surface area contributed by atoms with Crippen molar-refractivity contribution in [1.82, 2.24) is 30.9 Å². The first-order chi connectivity index (χ1) is 15.9. The lowest BCUT2D eigenvalue weighted by molar-refractivity contribution is -0.117. The van der Waals surface area contributed by atoms with Gasteiger partial charge in [0.15, 0.2) is 5.82 Å². The maximum absolute atomic E-state index is 12.6. The van der Waals surface area contributed by atoms with Gasteiger partial charge in [-0.25, -0.2) is 15.0 Å². The second-order valence-electron chi connectivity index (χ2n) is 8.17. The largest absolute Gasteiger partial charge is 0.349 e. The Labute approximate surface area is 193 Å². The van der Waals surface area contributed by atoms with Crippen LogP contribution in [-0.4, -0.2) is 44.8 Å². The van der Waals surface area contributed by atoms with E-state index in [4.69, 9.17) is 4.99 Å². The van der Waals surface area contributed by atoms with Gasteiger partial charge in [0, 0.05) is 36.0 Å². The molecule has 4 rings (SSSR count). The zero-order valence-corrected chi connectivity index (χ0v) is 19.3. The Morgan fingerprint density at radius 2 is 2.15 bits per heavy atom. The summed E-state index contributed by atoms with van der Waals surface area (Å²) in [5, 5.41) is 11.6. The molecule has 3 heterocycles. The molecule has 9 heteroatoms. The van der Waals surface area contributed by atoms with E-state index < -0.39 is 0 Å². The van der Waals surface area contributed by atoms with Gasteiger partial charge in [0.25, 0.3) is 0 Å². The topological polar surface area (TPSA) is 111 Å². The van der Waals surface area contributed by atoms with Crippen LogP contribution in [0, 0.1) is 6.92 Å². The van der Waals surface area contributed by atoms with Gasteiger partial charge in [-0.05, 0) is 44.9 Å². The van der Waals surface area contributed by atoms with E-state index in [1.54, 1.807) is 6.34 Å². The maximum Gasteiger partial charge on any atom is 0.249 e. The van der Waals surface area contributed by atoms with E-state index in [0.717, 1.165) is 33.7 Å². The van der Waals surface area contributed by atoms with E-state index in [2.05, 4.69) is 30.9 Å². The number of aryl methyl sites for hydroxylation is 1. The first kappa shape index (κ1) is 22.2. The Morgan fingerprint density at radius 1 is 1.30 bits per heavy atom. The van der Waals surface area contributed by atoms with Crippen molar-refractivity contribution in [2.24, 2.45) is 9.98 Å². The number of hydrogen-bond acceptors (Lipinski definition) is 6. The quantitative estimate of drug-likeness (QED) is 0.609. The molecule has 0 saturated carbocycles. The van der Waals surface area contributed by atoms with Crippen molar-refractivity contribution in [2.75, 3.05) is 6.54 Å². The minimum absolute atomic E-state index is 0.0636. The number of allylic oxidation sites excluding steroid dienone is 2. The first-order valence-electron chi connectivity index (χ1n) is 10.9. The van der Waals surface area contributed by atoms with Gasteiger partial charge in [0.1, 0.15) is 18.5 Å². The van der Waals surface area contributed by atoms with Crippen LogP contribution in [0.2, 0.25) is 0 Å². The van der Waals surface area contributed by atoms with Gasteiger partial charge in [-0.3, -0.25) is 20.3 Å². The Hall–Kier alpha value is -4.01. The number of amides is 1. The molecule has 1 amide bonds. The molecule has 0 bridgehead atoms. The number of benzene rings is 1. The number of nitrogens with zero attached hydrogens (tertiary/aromatic N) is 5. The normalized spacial score (nSPS) is 17.5. The van der Waals surface area contributed by atoms with E-state index in [-0.39, 0.29) is 5.91 Å². The highest BCUT2D eigenvalue weighted by Crippen LogP contribution is 2.30. The molecule has 2 aliphatic heterocycles. The van der Waals surface area contributed by atoms with Gasteiger partial charge in [-0.1, -0.05) is 23.8 Å². The number of aromatic amines is 1. The fourth-order valence-electron chi connectivity index (χ4n) is 3.59. The number of hydrogen-bond donors (Lipinski definition) is 3. The van der Waals surface area contributed by atoms with Crippen LogP contribution in [0.4, 0.5) is 5.69 Å². The van der Waals surface area contributed by atoms with Crippen molar-refractivity contribution >= 4 is 23.8 Å². The molecular weight excluding hydrogens is 416 g/mol. The molecular formula is C24H28N8O. The molecule has 0 atom stereocenters. The molecule has 0 fully saturated rings. The highest BCUT2D eigenvalue weighted by molar-refractivity contribution is 5.96. The predicted molar refractivity (Wildman–Crippen MR) is 130 cm³/mol. The van der Waals surface area contributed by atoms with Gasteiger partial charge in [0.05, 0.1) is 12.1 Å². The van der Waals surface area contributed by atoms with Crippen LogP contribution in [0.1, 0.15) is 39.2 Å². The molecule has 1 aromatic heterocycles. The van der Waals surface area contributed by atoms with Gasteiger partial charge in [0.2, 0.25) is 5.91 Å². The Bertz CT molecular complexity index is 1200. The average molecular weight is 445 g/mol. The van der Waals surface area contributed by atoms with E-state index in [1.807, 2.05) is 63.2 Å². The summed E-state index contributed by atoms with van der Waals surface area (Å²) in [6, 6.07) is 5.98. The molecule has 0 unspecified atom stereocenters. The zero-order chi connectivity index (χ0) is 23.4. The van der Waals surface area contributed by atoms with E-state index in [0.29, 0.717) is 36.6 Å². The number of carbonyl (C=O) groups excluding carboxylic acids is 1. The Balaban J connectivity index is 1.55. The molecule has 0 radical (unpaired) electrons. The fourth-order valence-corrected chi connectivity index (χ4v) is 3.59. The van der Waals surface area contributed by atoms with E-state index >= 15 is 0 Å². The fraction of sp³-hybridized carbons (Fsp3) is 0.292. The van der Waals surface area contributed by atoms with Crippen LogP contribution in [0.15, 0.2) is 69.2 Å². The number of H-pyrrole nitrogens is 1. The second kappa shape index (κ2) is 9.64. The molecule has 0 aliphatic carbocycles. The summed E-state index contributed by atoms with van der Waals surface area (Å²) >= 11 is 0. The summed E-state index contributed by atoms with van der Waals surface area (Å²) in [5.74, 6) is 1.31. The standard InChI is InChI=1S/C24H28N8O/c1-5-15(2)11-25-24(33)19-8-17(4)21-10-22(26-14-29-32(21)12-19)30-20-9-18(7-6-16(20)3)23-27-13-28-31-23/h5-7,9,12-14H,8,10-11H2,1-4H3,(H,25,33)(H,26,29,30)(H,27,28,31)/b15-5+. The average Bonchev–Trinajstić information content (AvgIpc) is 3.27. The SMILES string of the molecule is C/C=C(\C)CNC(=O)C1=CN2NC=NC(=Nc3cc(-c4ncn[nH]4)ccc3C)CC2=C(C)C1. The number of rotatable bonds is 5. The maximum atomic E-state index is 12.6. The van der Waals surface area contributed by atoms with Crippen molar-refractivity contribution in [3.63, 3.8) is 0 Å². The minimum atomic E-state index is -0.0636. The summed E-state index contributed by atoms with van der Waals surface area (Å²) in [4.78, 5) is 26.2. The summed E-state index contributed by atoms with van der Waals surface area (Å²) in [6.07, 6.45) is 8.06. The van der Waals surface area contributed by atoms with Gasteiger partial charge < -0.3 is 5.32 Å². The van der Waals surface area contributed by atoms with Gasteiger partial charge >= 0.3 is 0 Å². The highest BCUT2D eigenvalue weighted by Gasteiger charge is 2.24. The van der Waals surface area contributed by atoms with Gasteiger partial charge in [-0.15, -0.1) is 0 Å². The molecule has 170 valence electrons. The molecule has 2 aliphatic rings. The molecule has 1 aromatic carbocycles. The van der Waals surface area contributed by atoms with Crippen LogP contribution in [-0.2, 0) is 4.79 Å². The van der Waals surface area contributed by atoms with Crippen molar-refractivity contribution in [3.05, 3.63) is 64.8 Å². The molecule has 9 nitrogen and oxygen atoms in total. The molecule has 0 spiro atoms. The minimum Gasteiger partial charge on any atom is -0.349 e. The summed E-state index contributed by atoms with van der Waals surface area (Å²) < 4.78 is 0. The monoisotopic (exact) mass is 444 g/mol. The number of carbonyl (C=O) groups is 1. The summed E-state index contributed by atoms with van der Waals surface area (Å²) in [7, 11) is 0. The summed E-state index contributed by atoms with van der Waals surface area (Å²) in [6.45, 7) is 8.56. The second-order valence-corrected chi connectivity index (χ2v) is 8.17. The Morgan fingerprint density at radius 3 is 2.91 bits per heavy atom. The Kier molecular flexibility index (Phi) is 6.48. The molecule has 0 saturated heterocycles. The number of hydrazine groups is 1.